The summed E-state index contributed by atoms with van der Waals surface area (Å²) in [6.45, 7) is 0. The molecule has 2 aromatic carbocycles. The highest BCUT2D eigenvalue weighted by atomic mass is 19.1. The number of ether oxygens (including phenoxy) is 1. The second kappa shape index (κ2) is 10.00. The van der Waals surface area contributed by atoms with Crippen molar-refractivity contribution in [2.75, 3.05) is 0 Å². The van der Waals surface area contributed by atoms with Crippen LogP contribution in [-0.4, -0.2) is 22.8 Å². The van der Waals surface area contributed by atoms with Gasteiger partial charge in [0.05, 0.1) is 11.7 Å². The van der Waals surface area contributed by atoms with Crippen molar-refractivity contribution in [1.82, 2.24) is 0 Å². The van der Waals surface area contributed by atoms with Crippen LogP contribution in [-0.2, 0) is 9.53 Å². The standard InChI is InChI=1S/C18H20O3.C7H4FN/c19-17(20)18(21-16-8-4-5-9-16)12-10-15(11-13-18)14-6-2-1-3-7-14;8-7-4-2-1-3-6(7)5-9/h1-3,6-7,10-12,16H,4-5,8-9,13H2,(H,19,20);1-4H. The van der Waals surface area contributed by atoms with Crippen molar-refractivity contribution in [1.29, 1.82) is 5.26 Å². The van der Waals surface area contributed by atoms with Crippen LogP contribution in [0.3, 0.4) is 0 Å². The largest absolute Gasteiger partial charge is 0.479 e. The van der Waals surface area contributed by atoms with Crippen LogP contribution in [0.1, 0.15) is 43.2 Å². The Hall–Kier alpha value is -3.23. The molecule has 0 aliphatic heterocycles. The minimum absolute atomic E-state index is 0.0809. The van der Waals surface area contributed by atoms with E-state index < -0.39 is 17.4 Å². The van der Waals surface area contributed by atoms with Gasteiger partial charge in [-0.2, -0.15) is 5.26 Å². The molecule has 0 aromatic heterocycles. The lowest BCUT2D eigenvalue weighted by molar-refractivity contribution is -0.165. The zero-order chi connectivity index (χ0) is 21.4. The number of nitriles is 1. The maximum atomic E-state index is 12.4. The Labute approximate surface area is 175 Å². The van der Waals surface area contributed by atoms with Gasteiger partial charge in [-0.1, -0.05) is 67.5 Å². The molecule has 1 fully saturated rings. The van der Waals surface area contributed by atoms with Gasteiger partial charge in [-0.15, -0.1) is 0 Å². The molecule has 154 valence electrons. The van der Waals surface area contributed by atoms with Crippen molar-refractivity contribution >= 4 is 11.5 Å². The van der Waals surface area contributed by atoms with Crippen molar-refractivity contribution in [3.63, 3.8) is 0 Å². The highest BCUT2D eigenvalue weighted by molar-refractivity contribution is 5.85. The van der Waals surface area contributed by atoms with Crippen LogP contribution >= 0.6 is 0 Å². The summed E-state index contributed by atoms with van der Waals surface area (Å²) >= 11 is 0. The highest BCUT2D eigenvalue weighted by Crippen LogP contribution is 2.34. The van der Waals surface area contributed by atoms with E-state index in [1.54, 1.807) is 24.3 Å². The summed E-state index contributed by atoms with van der Waals surface area (Å²) in [5, 5.41) is 17.8. The third-order valence-corrected chi connectivity index (χ3v) is 5.30. The molecule has 2 aliphatic rings. The molecule has 2 aromatic rings. The predicted molar refractivity (Wildman–Crippen MR) is 113 cm³/mol. The SMILES string of the molecule is N#Cc1ccccc1F.O=C(O)C1(OC2CCCC2)C=CC(c2ccccc2)=CC1. The van der Waals surface area contributed by atoms with Gasteiger partial charge >= 0.3 is 5.97 Å². The first-order chi connectivity index (χ1) is 14.5. The lowest BCUT2D eigenvalue weighted by Crippen LogP contribution is -2.42. The lowest BCUT2D eigenvalue weighted by atomic mass is 9.89. The van der Waals surface area contributed by atoms with Crippen molar-refractivity contribution in [3.8, 4) is 6.07 Å². The summed E-state index contributed by atoms with van der Waals surface area (Å²) in [5.41, 5.74) is 1.07. The van der Waals surface area contributed by atoms with Crippen molar-refractivity contribution in [3.05, 3.63) is 89.8 Å². The molecule has 0 bridgehead atoms. The maximum Gasteiger partial charge on any atom is 0.340 e. The number of carbonyl (C=O) groups is 1. The number of allylic oxidation sites excluding steroid dienone is 2. The zero-order valence-corrected chi connectivity index (χ0v) is 16.6. The molecular formula is C25H24FNO3. The molecule has 0 radical (unpaired) electrons. The van der Waals surface area contributed by atoms with Gasteiger partial charge < -0.3 is 9.84 Å². The van der Waals surface area contributed by atoms with E-state index in [9.17, 15) is 14.3 Å². The Morgan fingerprint density at radius 3 is 2.30 bits per heavy atom. The van der Waals surface area contributed by atoms with E-state index in [1.165, 1.54) is 12.1 Å². The number of aliphatic carboxylic acids is 1. The number of carboxylic acids is 1. The van der Waals surface area contributed by atoms with E-state index in [0.29, 0.717) is 6.42 Å². The summed E-state index contributed by atoms with van der Waals surface area (Å²) in [6, 6.07) is 17.6. The fraction of sp³-hybridized carbons (Fsp3) is 0.280. The fourth-order valence-electron chi connectivity index (χ4n) is 3.62. The molecule has 0 saturated heterocycles. The fourth-order valence-corrected chi connectivity index (χ4v) is 3.62. The molecule has 0 spiro atoms. The molecule has 4 nitrogen and oxygen atoms in total. The van der Waals surface area contributed by atoms with E-state index in [0.717, 1.165) is 36.8 Å². The lowest BCUT2D eigenvalue weighted by Gasteiger charge is -2.31. The molecule has 2 aliphatic carbocycles. The van der Waals surface area contributed by atoms with Crippen molar-refractivity contribution < 1.29 is 19.0 Å². The summed E-state index contributed by atoms with van der Waals surface area (Å²) in [5.74, 6) is -1.35. The van der Waals surface area contributed by atoms with Crippen LogP contribution in [0.25, 0.3) is 5.57 Å². The van der Waals surface area contributed by atoms with E-state index in [-0.39, 0.29) is 11.7 Å². The van der Waals surface area contributed by atoms with Crippen molar-refractivity contribution in [2.45, 2.75) is 43.8 Å². The summed E-state index contributed by atoms with van der Waals surface area (Å²) < 4.78 is 18.3. The number of halogens is 1. The van der Waals surface area contributed by atoms with Gasteiger partial charge in [-0.25, -0.2) is 9.18 Å². The van der Waals surface area contributed by atoms with Crippen LogP contribution in [0.4, 0.5) is 4.39 Å². The number of nitrogens with zero attached hydrogens (tertiary/aromatic N) is 1. The van der Waals surface area contributed by atoms with Crippen LogP contribution in [0.2, 0.25) is 0 Å². The monoisotopic (exact) mass is 405 g/mol. The minimum Gasteiger partial charge on any atom is -0.479 e. The van der Waals surface area contributed by atoms with E-state index >= 15 is 0 Å². The summed E-state index contributed by atoms with van der Waals surface area (Å²) in [4.78, 5) is 11.7. The summed E-state index contributed by atoms with van der Waals surface area (Å²) in [7, 11) is 0. The van der Waals surface area contributed by atoms with Gasteiger partial charge in [0.2, 0.25) is 0 Å². The van der Waals surface area contributed by atoms with Crippen LogP contribution in [0, 0.1) is 17.1 Å². The zero-order valence-electron chi connectivity index (χ0n) is 16.6. The number of hydrogen-bond donors (Lipinski definition) is 1. The third-order valence-electron chi connectivity index (χ3n) is 5.30. The van der Waals surface area contributed by atoms with Gasteiger partial charge in [-0.05, 0) is 42.2 Å². The number of benzene rings is 2. The molecule has 1 saturated carbocycles. The third kappa shape index (κ3) is 5.22. The Kier molecular flexibility index (Phi) is 7.16. The van der Waals surface area contributed by atoms with Gasteiger partial charge in [0, 0.05) is 6.42 Å². The van der Waals surface area contributed by atoms with Crippen LogP contribution in [0.15, 0.2) is 72.8 Å². The van der Waals surface area contributed by atoms with Gasteiger partial charge in [-0.3, -0.25) is 0 Å². The molecule has 0 heterocycles. The predicted octanol–water partition coefficient (Wildman–Crippen LogP) is 5.51. The molecule has 4 rings (SSSR count). The van der Waals surface area contributed by atoms with Gasteiger partial charge in [0.1, 0.15) is 11.9 Å². The number of hydrogen-bond acceptors (Lipinski definition) is 3. The topological polar surface area (TPSA) is 70.3 Å². The first-order valence-corrected chi connectivity index (χ1v) is 10.0. The average Bonchev–Trinajstić information content (AvgIpc) is 3.28. The number of rotatable bonds is 4. The Morgan fingerprint density at radius 2 is 1.77 bits per heavy atom. The molecule has 1 unspecified atom stereocenters. The second-order valence-electron chi connectivity index (χ2n) is 7.37. The smallest absolute Gasteiger partial charge is 0.340 e. The first-order valence-electron chi connectivity index (χ1n) is 10.0. The van der Waals surface area contributed by atoms with Gasteiger partial charge in [0.15, 0.2) is 5.60 Å². The van der Waals surface area contributed by atoms with E-state index in [4.69, 9.17) is 10.00 Å². The Bertz CT molecular complexity index is 971. The molecule has 0 amide bonds. The molecule has 5 heteroatoms. The molecule has 1 N–H and O–H groups in total. The van der Waals surface area contributed by atoms with Crippen LogP contribution in [0.5, 0.6) is 0 Å². The molecule has 30 heavy (non-hydrogen) atoms. The van der Waals surface area contributed by atoms with E-state index in [1.807, 2.05) is 42.5 Å². The second-order valence-corrected chi connectivity index (χ2v) is 7.37. The molecule has 1 atom stereocenters. The minimum atomic E-state index is -1.19. The summed E-state index contributed by atoms with van der Waals surface area (Å²) in [6.07, 6.45) is 10.2. The quantitative estimate of drug-likeness (QED) is 0.728. The molecular weight excluding hydrogens is 381 g/mol. The number of carboxylic acid groups (broad SMARTS) is 1. The van der Waals surface area contributed by atoms with E-state index in [2.05, 4.69) is 0 Å². The first kappa shape index (κ1) is 21.5. The Balaban J connectivity index is 0.000000239. The normalized spacial score (nSPS) is 20.6. The maximum absolute atomic E-state index is 12.4. The van der Waals surface area contributed by atoms with Crippen LogP contribution < -0.4 is 0 Å². The van der Waals surface area contributed by atoms with Crippen molar-refractivity contribution in [2.24, 2.45) is 0 Å². The highest BCUT2D eigenvalue weighted by Gasteiger charge is 2.40. The average molecular weight is 405 g/mol. The Morgan fingerprint density at radius 1 is 1.10 bits per heavy atom. The van der Waals surface area contributed by atoms with Gasteiger partial charge in [0.25, 0.3) is 0 Å².